The molecule has 0 spiro atoms. The molecule has 1 aromatic rings. The fraction of sp³-hybridized carbons (Fsp3) is 0.667. The number of fused-ring (bicyclic) bond motifs is 3. The molecule has 0 aromatic carbocycles. The van der Waals surface area contributed by atoms with Crippen molar-refractivity contribution in [2.75, 3.05) is 39.8 Å². The third-order valence-corrected chi connectivity index (χ3v) is 4.99. The van der Waals surface area contributed by atoms with Crippen LogP contribution >= 0.6 is 11.3 Å². The van der Waals surface area contributed by atoms with E-state index in [1.807, 2.05) is 6.92 Å². The van der Waals surface area contributed by atoms with Crippen molar-refractivity contribution in [3.05, 3.63) is 15.6 Å². The third-order valence-electron chi connectivity index (χ3n) is 3.75. The molecule has 6 heteroatoms. The van der Waals surface area contributed by atoms with Gasteiger partial charge in [0.1, 0.15) is 9.88 Å². The molecular weight excluding hydrogens is 250 g/mol. The summed E-state index contributed by atoms with van der Waals surface area (Å²) in [7, 11) is 1.42. The molecule has 5 nitrogen and oxygen atoms in total. The van der Waals surface area contributed by atoms with E-state index in [9.17, 15) is 4.79 Å². The lowest BCUT2D eigenvalue weighted by Crippen LogP contribution is -2.56. The maximum Gasteiger partial charge on any atom is 0.349 e. The molecule has 1 unspecified atom stereocenters. The predicted octanol–water partition coefficient (Wildman–Crippen LogP) is 0.910. The van der Waals surface area contributed by atoms with Crippen LogP contribution in [0.3, 0.4) is 0 Å². The van der Waals surface area contributed by atoms with Crippen molar-refractivity contribution in [3.8, 4) is 0 Å². The van der Waals surface area contributed by atoms with Gasteiger partial charge in [-0.25, -0.2) is 9.78 Å². The summed E-state index contributed by atoms with van der Waals surface area (Å²) in [6.07, 6.45) is 0. The van der Waals surface area contributed by atoms with Crippen LogP contribution in [0.5, 0.6) is 0 Å². The van der Waals surface area contributed by atoms with Gasteiger partial charge in [0.2, 0.25) is 0 Å². The van der Waals surface area contributed by atoms with E-state index in [-0.39, 0.29) is 5.97 Å². The van der Waals surface area contributed by atoms with E-state index in [1.54, 1.807) is 0 Å². The zero-order valence-electron chi connectivity index (χ0n) is 10.7. The van der Waals surface area contributed by atoms with Gasteiger partial charge in [-0.2, -0.15) is 0 Å². The molecule has 3 aliphatic rings. The summed E-state index contributed by atoms with van der Waals surface area (Å²) in [5.41, 5.74) is 0.791. The van der Waals surface area contributed by atoms with Gasteiger partial charge in [0.15, 0.2) is 0 Å². The molecule has 3 aliphatic heterocycles. The van der Waals surface area contributed by atoms with Gasteiger partial charge in [-0.1, -0.05) is 0 Å². The lowest BCUT2D eigenvalue weighted by atomic mass is 10.1. The van der Waals surface area contributed by atoms with Crippen LogP contribution < -0.4 is 0 Å². The molecule has 2 bridgehead atoms. The standard InChI is InChI=1S/C12H17N3O2S/c1-8-10(12(16)17-2)18-11(13-8)9-7-14-3-5-15(9)6-4-14/h9H,3-7H2,1-2H3. The number of carbonyl (C=O) groups is 1. The van der Waals surface area contributed by atoms with Crippen LogP contribution in [0.1, 0.15) is 26.4 Å². The van der Waals surface area contributed by atoms with Crippen LogP contribution in [0.4, 0.5) is 0 Å². The average molecular weight is 267 g/mol. The van der Waals surface area contributed by atoms with E-state index in [2.05, 4.69) is 14.8 Å². The topological polar surface area (TPSA) is 45.7 Å². The average Bonchev–Trinajstić information content (AvgIpc) is 2.81. The zero-order chi connectivity index (χ0) is 12.7. The van der Waals surface area contributed by atoms with Crippen molar-refractivity contribution in [3.63, 3.8) is 0 Å². The van der Waals surface area contributed by atoms with Crippen molar-refractivity contribution in [2.45, 2.75) is 13.0 Å². The number of rotatable bonds is 2. The summed E-state index contributed by atoms with van der Waals surface area (Å²) in [5.74, 6) is -0.271. The Morgan fingerprint density at radius 2 is 2.11 bits per heavy atom. The van der Waals surface area contributed by atoms with Gasteiger partial charge in [0.05, 0.1) is 18.8 Å². The Morgan fingerprint density at radius 3 is 2.67 bits per heavy atom. The number of hydrogen-bond donors (Lipinski definition) is 0. The Labute approximate surface area is 110 Å². The maximum atomic E-state index is 11.6. The fourth-order valence-electron chi connectivity index (χ4n) is 2.69. The number of thiazole rings is 1. The number of methoxy groups -OCH3 is 1. The first-order valence-electron chi connectivity index (χ1n) is 6.21. The van der Waals surface area contributed by atoms with E-state index >= 15 is 0 Å². The van der Waals surface area contributed by atoms with E-state index in [0.29, 0.717) is 10.9 Å². The molecule has 0 amide bonds. The maximum absolute atomic E-state index is 11.6. The van der Waals surface area contributed by atoms with E-state index in [0.717, 1.165) is 43.4 Å². The lowest BCUT2D eigenvalue weighted by molar-refractivity contribution is 0.0122. The van der Waals surface area contributed by atoms with Crippen LogP contribution in [0.2, 0.25) is 0 Å². The van der Waals surface area contributed by atoms with Crippen LogP contribution in [-0.4, -0.2) is 60.6 Å². The van der Waals surface area contributed by atoms with Gasteiger partial charge < -0.3 is 4.74 Å². The Balaban J connectivity index is 1.87. The highest BCUT2D eigenvalue weighted by molar-refractivity contribution is 7.13. The van der Waals surface area contributed by atoms with Crippen molar-refractivity contribution in [1.29, 1.82) is 0 Å². The first-order chi connectivity index (χ1) is 8.69. The number of aromatic nitrogens is 1. The summed E-state index contributed by atoms with van der Waals surface area (Å²) >= 11 is 1.48. The quantitative estimate of drug-likeness (QED) is 0.745. The monoisotopic (exact) mass is 267 g/mol. The van der Waals surface area contributed by atoms with Crippen molar-refractivity contribution >= 4 is 17.3 Å². The minimum atomic E-state index is -0.271. The van der Waals surface area contributed by atoms with Crippen LogP contribution in [0.25, 0.3) is 0 Å². The van der Waals surface area contributed by atoms with Gasteiger partial charge in [-0.15, -0.1) is 11.3 Å². The van der Waals surface area contributed by atoms with Crippen LogP contribution in [0.15, 0.2) is 0 Å². The normalized spacial score (nSPS) is 30.4. The second kappa shape index (κ2) is 4.60. The Bertz CT molecular complexity index is 466. The highest BCUT2D eigenvalue weighted by atomic mass is 32.1. The van der Waals surface area contributed by atoms with Crippen molar-refractivity contribution < 1.29 is 9.53 Å². The first kappa shape index (κ1) is 12.1. The smallest absolute Gasteiger partial charge is 0.349 e. The molecule has 0 aliphatic carbocycles. The zero-order valence-corrected chi connectivity index (χ0v) is 11.5. The second-order valence-corrected chi connectivity index (χ2v) is 5.84. The number of aryl methyl sites for hydroxylation is 1. The summed E-state index contributed by atoms with van der Waals surface area (Å²) in [4.78, 5) is 21.8. The summed E-state index contributed by atoms with van der Waals surface area (Å²) in [5, 5.41) is 1.05. The number of ether oxygens (including phenoxy) is 1. The lowest BCUT2D eigenvalue weighted by Gasteiger charge is -2.46. The first-order valence-corrected chi connectivity index (χ1v) is 7.02. The SMILES string of the molecule is COC(=O)c1sc(C2CN3CCN2CC3)nc1C. The molecule has 0 radical (unpaired) electrons. The minimum absolute atomic E-state index is 0.271. The Hall–Kier alpha value is -0.980. The number of piperazine rings is 3. The summed E-state index contributed by atoms with van der Waals surface area (Å²) < 4.78 is 4.79. The van der Waals surface area contributed by atoms with E-state index < -0.39 is 0 Å². The van der Waals surface area contributed by atoms with Crippen LogP contribution in [0, 0.1) is 6.92 Å². The number of carbonyl (C=O) groups excluding carboxylic acids is 1. The molecule has 0 saturated carbocycles. The van der Waals surface area contributed by atoms with Gasteiger partial charge in [0.25, 0.3) is 0 Å². The molecule has 18 heavy (non-hydrogen) atoms. The Kier molecular flexibility index (Phi) is 3.09. The van der Waals surface area contributed by atoms with Gasteiger partial charge >= 0.3 is 5.97 Å². The third kappa shape index (κ3) is 1.94. The highest BCUT2D eigenvalue weighted by Gasteiger charge is 2.35. The summed E-state index contributed by atoms with van der Waals surface area (Å²) in [6.45, 7) is 7.44. The molecule has 4 rings (SSSR count). The number of hydrogen-bond acceptors (Lipinski definition) is 6. The van der Waals surface area contributed by atoms with Crippen molar-refractivity contribution in [1.82, 2.24) is 14.8 Å². The van der Waals surface area contributed by atoms with E-state index in [1.165, 1.54) is 18.4 Å². The molecule has 3 fully saturated rings. The Morgan fingerprint density at radius 1 is 1.39 bits per heavy atom. The minimum Gasteiger partial charge on any atom is -0.465 e. The molecular formula is C12H17N3O2S. The predicted molar refractivity (Wildman–Crippen MR) is 68.9 cm³/mol. The highest BCUT2D eigenvalue weighted by Crippen LogP contribution is 2.32. The largest absolute Gasteiger partial charge is 0.465 e. The molecule has 4 heterocycles. The molecule has 1 atom stereocenters. The second-order valence-electron chi connectivity index (χ2n) is 4.81. The molecule has 3 saturated heterocycles. The molecule has 98 valence electrons. The van der Waals surface area contributed by atoms with Crippen molar-refractivity contribution in [2.24, 2.45) is 0 Å². The van der Waals surface area contributed by atoms with Crippen LogP contribution in [-0.2, 0) is 4.74 Å². The van der Waals surface area contributed by atoms with Gasteiger partial charge in [-0.05, 0) is 6.92 Å². The van der Waals surface area contributed by atoms with Gasteiger partial charge in [0, 0.05) is 32.7 Å². The summed E-state index contributed by atoms with van der Waals surface area (Å²) in [6, 6.07) is 0.356. The fourth-order valence-corrected chi connectivity index (χ4v) is 3.81. The van der Waals surface area contributed by atoms with E-state index in [4.69, 9.17) is 4.74 Å². The number of esters is 1. The molecule has 1 aromatic heterocycles. The van der Waals surface area contributed by atoms with Gasteiger partial charge in [-0.3, -0.25) is 9.80 Å². The number of nitrogens with zero attached hydrogens (tertiary/aromatic N) is 3. The molecule has 0 N–H and O–H groups in total.